The minimum Gasteiger partial charge on any atom is -0.467 e. The van der Waals surface area contributed by atoms with Crippen molar-refractivity contribution in [2.24, 2.45) is 0 Å². The maximum Gasteiger partial charge on any atom is 0.303 e. The Kier molecular flexibility index (Phi) is 9.85. The van der Waals surface area contributed by atoms with Gasteiger partial charge in [-0.05, 0) is 34.7 Å². The van der Waals surface area contributed by atoms with Crippen LogP contribution in [0.1, 0.15) is 81.9 Å². The summed E-state index contributed by atoms with van der Waals surface area (Å²) in [7, 11) is 0. The van der Waals surface area contributed by atoms with Crippen LogP contribution in [0.15, 0.2) is 42.5 Å². The molecule has 2 aromatic carbocycles. The fourth-order valence-electron chi connectivity index (χ4n) is 5.16. The Hall–Kier alpha value is -3.96. The molecule has 6 atom stereocenters. The zero-order valence-corrected chi connectivity index (χ0v) is 24.5. The fraction of sp³-hybridized carbons (Fsp3) is 0.484. The molecule has 6 unspecified atom stereocenters. The molecular weight excluding hydrogens is 548 g/mol. The average Bonchev–Trinajstić information content (AvgIpc) is 2.93. The van der Waals surface area contributed by atoms with E-state index in [4.69, 9.17) is 33.2 Å². The predicted molar refractivity (Wildman–Crippen MR) is 146 cm³/mol. The zero-order valence-electron chi connectivity index (χ0n) is 24.5. The van der Waals surface area contributed by atoms with Gasteiger partial charge >= 0.3 is 23.9 Å². The molecule has 0 N–H and O–H groups in total. The molecule has 0 saturated carbocycles. The van der Waals surface area contributed by atoms with Crippen LogP contribution in [0.2, 0.25) is 0 Å². The van der Waals surface area contributed by atoms with Gasteiger partial charge in [0.2, 0.25) is 0 Å². The van der Waals surface area contributed by atoms with Gasteiger partial charge in [-0.2, -0.15) is 0 Å². The van der Waals surface area contributed by atoms with Gasteiger partial charge in [-0.15, -0.1) is 0 Å². The molecule has 2 aliphatic heterocycles. The molecule has 1 saturated heterocycles. The van der Waals surface area contributed by atoms with E-state index >= 15 is 0 Å². The number of esters is 4. The molecule has 11 nitrogen and oxygen atoms in total. The van der Waals surface area contributed by atoms with Crippen molar-refractivity contribution in [1.82, 2.24) is 0 Å². The molecule has 0 aliphatic carbocycles. The van der Waals surface area contributed by atoms with Crippen molar-refractivity contribution < 1.29 is 52.3 Å². The van der Waals surface area contributed by atoms with Gasteiger partial charge in [0.1, 0.15) is 30.7 Å². The summed E-state index contributed by atoms with van der Waals surface area (Å²) in [6, 6.07) is 13.5. The lowest BCUT2D eigenvalue weighted by Gasteiger charge is -2.44. The molecule has 226 valence electrons. The molecule has 0 amide bonds. The maximum absolute atomic E-state index is 12.3. The van der Waals surface area contributed by atoms with Gasteiger partial charge < -0.3 is 33.2 Å². The van der Waals surface area contributed by atoms with Gasteiger partial charge in [0, 0.05) is 33.3 Å². The van der Waals surface area contributed by atoms with Gasteiger partial charge in [0.25, 0.3) is 0 Å². The third-order valence-electron chi connectivity index (χ3n) is 6.99. The van der Waals surface area contributed by atoms with Crippen LogP contribution in [-0.2, 0) is 47.6 Å². The standard InChI is InChI=1S/C31H36O11/c1-16(2)21-7-9-22(10-8-21)27-24-13-23(11-12-25(24)37-15-38-27)28-30(40-19(5)34)31(41-20(6)35)29(39-18(4)33)26(42-28)14-36-17(3)32/h7-13,16,26-31H,14-15H2,1-6H3. The third kappa shape index (κ3) is 7.27. The van der Waals surface area contributed by atoms with Crippen LogP contribution in [0.25, 0.3) is 0 Å². The molecule has 42 heavy (non-hydrogen) atoms. The highest BCUT2D eigenvalue weighted by molar-refractivity contribution is 5.69. The van der Waals surface area contributed by atoms with Gasteiger partial charge in [-0.1, -0.05) is 44.2 Å². The molecule has 4 rings (SSSR count). The third-order valence-corrected chi connectivity index (χ3v) is 6.99. The Morgan fingerprint density at radius 1 is 0.786 bits per heavy atom. The second-order valence-corrected chi connectivity index (χ2v) is 10.5. The second kappa shape index (κ2) is 13.3. The minimum atomic E-state index is -1.27. The highest BCUT2D eigenvalue weighted by Crippen LogP contribution is 2.42. The number of rotatable bonds is 8. The number of carbonyl (C=O) groups excluding carboxylic acids is 4. The molecule has 2 heterocycles. The first-order valence-electron chi connectivity index (χ1n) is 13.7. The quantitative estimate of drug-likeness (QED) is 0.329. The molecular formula is C31H36O11. The van der Waals surface area contributed by atoms with E-state index in [1.807, 2.05) is 18.2 Å². The lowest BCUT2D eigenvalue weighted by molar-refractivity contribution is -0.254. The van der Waals surface area contributed by atoms with Crippen LogP contribution in [0.3, 0.4) is 0 Å². The largest absolute Gasteiger partial charge is 0.467 e. The Morgan fingerprint density at radius 2 is 1.38 bits per heavy atom. The average molecular weight is 585 g/mol. The minimum absolute atomic E-state index is 0.0575. The Balaban J connectivity index is 1.78. The molecule has 0 bridgehead atoms. The van der Waals surface area contributed by atoms with Crippen LogP contribution in [-0.4, -0.2) is 61.7 Å². The van der Waals surface area contributed by atoms with Crippen molar-refractivity contribution >= 4 is 23.9 Å². The summed E-state index contributed by atoms with van der Waals surface area (Å²) in [5, 5.41) is 0. The second-order valence-electron chi connectivity index (χ2n) is 10.5. The number of benzene rings is 2. The van der Waals surface area contributed by atoms with Crippen LogP contribution in [0.4, 0.5) is 0 Å². The van der Waals surface area contributed by atoms with Crippen LogP contribution >= 0.6 is 0 Å². The van der Waals surface area contributed by atoms with Crippen molar-refractivity contribution in [2.45, 2.75) is 84.1 Å². The van der Waals surface area contributed by atoms with Crippen LogP contribution in [0, 0.1) is 0 Å². The summed E-state index contributed by atoms with van der Waals surface area (Å²) in [4.78, 5) is 48.1. The van der Waals surface area contributed by atoms with Gasteiger partial charge in [-0.3, -0.25) is 19.2 Å². The van der Waals surface area contributed by atoms with Gasteiger partial charge in [0.05, 0.1) is 0 Å². The number of ether oxygens (including phenoxy) is 7. The molecule has 0 spiro atoms. The van der Waals surface area contributed by atoms with Crippen LogP contribution in [0.5, 0.6) is 5.75 Å². The maximum atomic E-state index is 12.3. The number of hydrogen-bond donors (Lipinski definition) is 0. The summed E-state index contributed by atoms with van der Waals surface area (Å²) in [6.45, 7) is 8.78. The molecule has 2 aromatic rings. The first kappa shape index (κ1) is 31.0. The van der Waals surface area contributed by atoms with Crippen molar-refractivity contribution in [3.05, 3.63) is 64.7 Å². The lowest BCUT2D eigenvalue weighted by Crippen LogP contribution is -2.59. The van der Waals surface area contributed by atoms with E-state index in [-0.39, 0.29) is 13.4 Å². The molecule has 1 fully saturated rings. The predicted octanol–water partition coefficient (Wildman–Crippen LogP) is 4.06. The van der Waals surface area contributed by atoms with E-state index < -0.39 is 60.5 Å². The van der Waals surface area contributed by atoms with Crippen LogP contribution < -0.4 is 4.74 Å². The zero-order chi connectivity index (χ0) is 30.6. The monoisotopic (exact) mass is 584 g/mol. The van der Waals surface area contributed by atoms with E-state index in [9.17, 15) is 19.2 Å². The highest BCUT2D eigenvalue weighted by atomic mass is 16.7. The summed E-state index contributed by atoms with van der Waals surface area (Å²) < 4.78 is 40.0. The fourth-order valence-corrected chi connectivity index (χ4v) is 5.16. The summed E-state index contributed by atoms with van der Waals surface area (Å²) in [6.07, 6.45) is -6.23. The normalized spacial score (nSPS) is 25.0. The lowest BCUT2D eigenvalue weighted by atomic mass is 9.88. The van der Waals surface area contributed by atoms with E-state index in [1.165, 1.54) is 33.3 Å². The Morgan fingerprint density at radius 3 is 1.98 bits per heavy atom. The SMILES string of the molecule is CC(=O)OCC1OC(c2ccc3c(c2)C(c2ccc(C(C)C)cc2)OCO3)C(OC(C)=O)C(OC(C)=O)C1OC(C)=O. The number of hydrogen-bond acceptors (Lipinski definition) is 11. The van der Waals surface area contributed by atoms with E-state index in [1.54, 1.807) is 12.1 Å². The molecule has 0 radical (unpaired) electrons. The summed E-state index contributed by atoms with van der Waals surface area (Å²) in [5.74, 6) is -1.66. The Bertz CT molecular complexity index is 1300. The topological polar surface area (TPSA) is 133 Å². The summed E-state index contributed by atoms with van der Waals surface area (Å²) >= 11 is 0. The van der Waals surface area contributed by atoms with E-state index in [0.29, 0.717) is 22.8 Å². The number of carbonyl (C=O) groups is 4. The van der Waals surface area contributed by atoms with Gasteiger partial charge in [0.15, 0.2) is 25.1 Å². The first-order valence-corrected chi connectivity index (χ1v) is 13.7. The van der Waals surface area contributed by atoms with Gasteiger partial charge in [-0.25, -0.2) is 0 Å². The molecule has 0 aromatic heterocycles. The smallest absolute Gasteiger partial charge is 0.303 e. The van der Waals surface area contributed by atoms with E-state index in [0.717, 1.165) is 5.56 Å². The van der Waals surface area contributed by atoms with Crippen molar-refractivity contribution in [1.29, 1.82) is 0 Å². The molecule has 11 heteroatoms. The first-order chi connectivity index (χ1) is 19.9. The Labute approximate surface area is 244 Å². The number of fused-ring (bicyclic) bond motifs is 1. The van der Waals surface area contributed by atoms with Crippen molar-refractivity contribution in [3.8, 4) is 5.75 Å². The van der Waals surface area contributed by atoms with Crippen molar-refractivity contribution in [3.63, 3.8) is 0 Å². The van der Waals surface area contributed by atoms with E-state index in [2.05, 4.69) is 26.0 Å². The summed E-state index contributed by atoms with van der Waals surface area (Å²) in [5.41, 5.74) is 3.37. The van der Waals surface area contributed by atoms with Crippen molar-refractivity contribution in [2.75, 3.05) is 13.4 Å². The highest BCUT2D eigenvalue weighted by Gasteiger charge is 2.52. The molecule has 2 aliphatic rings.